The third kappa shape index (κ3) is 6.83. The molecule has 0 atom stereocenters. The Morgan fingerprint density at radius 3 is 2.83 bits per heavy atom. The average Bonchev–Trinajstić information content (AvgIpc) is 3.12. The van der Waals surface area contributed by atoms with Crippen molar-refractivity contribution >= 4 is 17.3 Å². The van der Waals surface area contributed by atoms with E-state index in [1.54, 1.807) is 35.7 Å². The van der Waals surface area contributed by atoms with Crippen LogP contribution in [0.1, 0.15) is 23.2 Å². The van der Waals surface area contributed by atoms with Gasteiger partial charge in [-0.25, -0.2) is 19.4 Å². The molecular weight excluding hydrogens is 389 g/mol. The van der Waals surface area contributed by atoms with E-state index >= 15 is 0 Å². The summed E-state index contributed by atoms with van der Waals surface area (Å²) in [5.74, 6) is 1.23. The molecule has 3 rings (SSSR count). The Hall–Kier alpha value is -3.00. The molecule has 1 aromatic carbocycles. The molecule has 0 aliphatic rings. The van der Waals surface area contributed by atoms with E-state index in [1.165, 1.54) is 12.1 Å². The highest BCUT2D eigenvalue weighted by Crippen LogP contribution is 2.20. The van der Waals surface area contributed by atoms with Gasteiger partial charge in [0.05, 0.1) is 17.2 Å². The summed E-state index contributed by atoms with van der Waals surface area (Å²) in [6.45, 7) is 6.06. The van der Waals surface area contributed by atoms with Crippen LogP contribution in [0.2, 0.25) is 0 Å². The van der Waals surface area contributed by atoms with Gasteiger partial charge in [-0.1, -0.05) is 12.1 Å². The summed E-state index contributed by atoms with van der Waals surface area (Å²) in [6.07, 6.45) is 2.56. The number of aryl methyl sites for hydroxylation is 1. The number of hydrogen-bond acceptors (Lipinski definition) is 5. The molecule has 0 saturated heterocycles. The first-order valence-electron chi connectivity index (χ1n) is 9.44. The van der Waals surface area contributed by atoms with Crippen molar-refractivity contribution in [2.24, 2.45) is 4.99 Å². The van der Waals surface area contributed by atoms with Gasteiger partial charge in [-0.15, -0.1) is 11.3 Å². The maximum atomic E-state index is 13.2. The Balaban J connectivity index is 1.52. The number of halogens is 1. The minimum absolute atomic E-state index is 0.346. The van der Waals surface area contributed by atoms with Crippen molar-refractivity contribution < 1.29 is 9.13 Å². The molecular formula is C21H24FN5OS. The van der Waals surface area contributed by atoms with Crippen LogP contribution in [-0.2, 0) is 13.0 Å². The minimum Gasteiger partial charge on any atom is -0.439 e. The van der Waals surface area contributed by atoms with Crippen molar-refractivity contribution in [1.29, 1.82) is 0 Å². The number of hydrogen-bond donors (Lipinski definition) is 2. The fraction of sp³-hybridized carbons (Fsp3) is 0.286. The Morgan fingerprint density at radius 1 is 1.24 bits per heavy atom. The second-order valence-electron chi connectivity index (χ2n) is 6.29. The lowest BCUT2D eigenvalue weighted by atomic mass is 10.3. The van der Waals surface area contributed by atoms with Gasteiger partial charge in [-0.3, -0.25) is 0 Å². The SMILES string of the molecule is CCNC(=NCc1ccc(Oc2cccc(F)c2)nc1)NCCc1csc(C)n1. The summed E-state index contributed by atoms with van der Waals surface area (Å²) in [6, 6.07) is 9.62. The molecule has 6 nitrogen and oxygen atoms in total. The number of benzene rings is 1. The summed E-state index contributed by atoms with van der Waals surface area (Å²) in [4.78, 5) is 13.3. The van der Waals surface area contributed by atoms with Gasteiger partial charge in [0.25, 0.3) is 0 Å². The largest absolute Gasteiger partial charge is 0.439 e. The molecule has 2 N–H and O–H groups in total. The predicted molar refractivity (Wildman–Crippen MR) is 114 cm³/mol. The number of nitrogens with zero attached hydrogens (tertiary/aromatic N) is 3. The summed E-state index contributed by atoms with van der Waals surface area (Å²) in [7, 11) is 0. The fourth-order valence-corrected chi connectivity index (χ4v) is 3.21. The maximum Gasteiger partial charge on any atom is 0.219 e. The van der Waals surface area contributed by atoms with Crippen LogP contribution in [0.15, 0.2) is 53.0 Å². The molecule has 8 heteroatoms. The average molecular weight is 414 g/mol. The monoisotopic (exact) mass is 413 g/mol. The van der Waals surface area contributed by atoms with Crippen molar-refractivity contribution in [2.45, 2.75) is 26.8 Å². The smallest absolute Gasteiger partial charge is 0.219 e. The van der Waals surface area contributed by atoms with Gasteiger partial charge in [-0.05, 0) is 31.5 Å². The van der Waals surface area contributed by atoms with Crippen molar-refractivity contribution in [3.63, 3.8) is 0 Å². The van der Waals surface area contributed by atoms with Crippen LogP contribution in [0.25, 0.3) is 0 Å². The first kappa shape index (κ1) is 20.7. The summed E-state index contributed by atoms with van der Waals surface area (Å²) >= 11 is 1.66. The van der Waals surface area contributed by atoms with Gasteiger partial charge in [0.15, 0.2) is 5.96 Å². The number of pyridine rings is 1. The van der Waals surface area contributed by atoms with E-state index in [-0.39, 0.29) is 5.82 Å². The summed E-state index contributed by atoms with van der Waals surface area (Å²) in [5.41, 5.74) is 2.04. The van der Waals surface area contributed by atoms with Crippen LogP contribution in [0, 0.1) is 12.7 Å². The molecule has 0 aliphatic heterocycles. The molecule has 2 aromatic heterocycles. The standard InChI is InChI=1S/C21H24FN5OS/c1-3-23-21(24-10-9-18-14-29-15(2)27-18)26-13-16-7-8-20(25-12-16)28-19-6-4-5-17(22)11-19/h4-8,11-12,14H,3,9-10,13H2,1-2H3,(H2,23,24,26). The molecule has 0 amide bonds. The molecule has 29 heavy (non-hydrogen) atoms. The van der Waals surface area contributed by atoms with Crippen molar-refractivity contribution in [3.05, 3.63) is 70.1 Å². The van der Waals surface area contributed by atoms with E-state index in [2.05, 4.69) is 31.0 Å². The van der Waals surface area contributed by atoms with Gasteiger partial charge < -0.3 is 15.4 Å². The molecule has 0 radical (unpaired) electrons. The van der Waals surface area contributed by atoms with Gasteiger partial charge in [-0.2, -0.15) is 0 Å². The van der Waals surface area contributed by atoms with Crippen LogP contribution in [-0.4, -0.2) is 29.0 Å². The van der Waals surface area contributed by atoms with E-state index in [0.29, 0.717) is 18.2 Å². The van der Waals surface area contributed by atoms with Crippen LogP contribution in [0.5, 0.6) is 11.6 Å². The van der Waals surface area contributed by atoms with E-state index in [1.807, 2.05) is 19.9 Å². The van der Waals surface area contributed by atoms with Crippen molar-refractivity contribution in [2.75, 3.05) is 13.1 Å². The first-order valence-corrected chi connectivity index (χ1v) is 10.3. The van der Waals surface area contributed by atoms with E-state index in [4.69, 9.17) is 4.74 Å². The highest BCUT2D eigenvalue weighted by atomic mass is 32.1. The lowest BCUT2D eigenvalue weighted by Crippen LogP contribution is -2.38. The lowest BCUT2D eigenvalue weighted by Gasteiger charge is -2.11. The zero-order valence-corrected chi connectivity index (χ0v) is 17.3. The van der Waals surface area contributed by atoms with E-state index < -0.39 is 0 Å². The Bertz CT molecular complexity index is 942. The third-order valence-electron chi connectivity index (χ3n) is 3.92. The second kappa shape index (κ2) is 10.5. The Kier molecular flexibility index (Phi) is 7.52. The van der Waals surface area contributed by atoms with Crippen molar-refractivity contribution in [3.8, 4) is 11.6 Å². The number of thiazole rings is 1. The fourth-order valence-electron chi connectivity index (χ4n) is 2.56. The second-order valence-corrected chi connectivity index (χ2v) is 7.36. The summed E-state index contributed by atoms with van der Waals surface area (Å²) < 4.78 is 18.8. The quantitative estimate of drug-likeness (QED) is 0.430. The van der Waals surface area contributed by atoms with E-state index in [0.717, 1.165) is 41.7 Å². The molecule has 0 saturated carbocycles. The predicted octanol–water partition coefficient (Wildman–Crippen LogP) is 4.08. The number of rotatable bonds is 8. The third-order valence-corrected chi connectivity index (χ3v) is 4.74. The molecule has 0 spiro atoms. The molecule has 3 aromatic rings. The van der Waals surface area contributed by atoms with Crippen LogP contribution in [0.4, 0.5) is 4.39 Å². The number of aliphatic imine (C=N–C) groups is 1. The highest BCUT2D eigenvalue weighted by Gasteiger charge is 2.03. The van der Waals surface area contributed by atoms with Gasteiger partial charge in [0, 0.05) is 43.2 Å². The Morgan fingerprint density at radius 2 is 2.14 bits per heavy atom. The summed E-state index contributed by atoms with van der Waals surface area (Å²) in [5, 5.41) is 9.72. The van der Waals surface area contributed by atoms with Crippen LogP contribution >= 0.6 is 11.3 Å². The molecule has 152 valence electrons. The number of aromatic nitrogens is 2. The minimum atomic E-state index is -0.346. The molecule has 2 heterocycles. The number of nitrogens with one attached hydrogen (secondary N) is 2. The molecule has 0 unspecified atom stereocenters. The Labute approximate surface area is 173 Å². The highest BCUT2D eigenvalue weighted by molar-refractivity contribution is 7.09. The normalized spacial score (nSPS) is 11.3. The van der Waals surface area contributed by atoms with Gasteiger partial charge >= 0.3 is 0 Å². The number of guanidine groups is 1. The zero-order chi connectivity index (χ0) is 20.5. The molecule has 0 fully saturated rings. The number of ether oxygens (including phenoxy) is 1. The molecule has 0 bridgehead atoms. The van der Waals surface area contributed by atoms with Gasteiger partial charge in [0.1, 0.15) is 11.6 Å². The van der Waals surface area contributed by atoms with E-state index in [9.17, 15) is 4.39 Å². The van der Waals surface area contributed by atoms with Gasteiger partial charge in [0.2, 0.25) is 5.88 Å². The molecule has 0 aliphatic carbocycles. The topological polar surface area (TPSA) is 71.4 Å². The van der Waals surface area contributed by atoms with Crippen LogP contribution < -0.4 is 15.4 Å². The zero-order valence-electron chi connectivity index (χ0n) is 16.5. The lowest BCUT2D eigenvalue weighted by molar-refractivity contribution is 0.457. The van der Waals surface area contributed by atoms with Crippen LogP contribution in [0.3, 0.4) is 0 Å². The maximum absolute atomic E-state index is 13.2. The first-order chi connectivity index (χ1) is 14.1. The van der Waals surface area contributed by atoms with Crippen molar-refractivity contribution in [1.82, 2.24) is 20.6 Å².